The van der Waals surface area contributed by atoms with Gasteiger partial charge >= 0.3 is 5.97 Å². The lowest BCUT2D eigenvalue weighted by molar-refractivity contribution is -0.141. The van der Waals surface area contributed by atoms with Crippen molar-refractivity contribution < 1.29 is 25.2 Å². The lowest BCUT2D eigenvalue weighted by Crippen LogP contribution is -2.36. The fourth-order valence-corrected chi connectivity index (χ4v) is 1.07. The molecule has 0 saturated carbocycles. The molecule has 6 N–H and O–H groups in total. The van der Waals surface area contributed by atoms with Gasteiger partial charge in [-0.25, -0.2) is 0 Å². The molecule has 82 valence electrons. The van der Waals surface area contributed by atoms with Crippen LogP contribution in [-0.4, -0.2) is 32.4 Å². The van der Waals surface area contributed by atoms with Crippen LogP contribution in [0.3, 0.4) is 0 Å². The maximum atomic E-state index is 10.5. The van der Waals surface area contributed by atoms with E-state index < -0.39 is 23.9 Å². The molecule has 0 bridgehead atoms. The van der Waals surface area contributed by atoms with E-state index in [0.29, 0.717) is 0 Å². The molecule has 1 rings (SSSR count). The molecule has 0 heterocycles. The smallest absolute Gasteiger partial charge is 0.323 e. The summed E-state index contributed by atoms with van der Waals surface area (Å²) in [6, 6.07) is 2.00. The number of carboxylic acid groups (broad SMARTS) is 1. The average Bonchev–Trinajstić information content (AvgIpc) is 2.19. The van der Waals surface area contributed by atoms with Crippen LogP contribution >= 0.6 is 0 Å². The van der Waals surface area contributed by atoms with Crippen LogP contribution < -0.4 is 5.73 Å². The zero-order valence-corrected chi connectivity index (χ0v) is 7.66. The van der Waals surface area contributed by atoms with Gasteiger partial charge in [-0.05, 0) is 17.7 Å². The van der Waals surface area contributed by atoms with E-state index in [1.807, 2.05) is 0 Å². The quantitative estimate of drug-likeness (QED) is 0.433. The summed E-state index contributed by atoms with van der Waals surface area (Å²) in [7, 11) is 0. The first-order chi connectivity index (χ1) is 6.93. The number of aliphatic hydroxyl groups excluding tert-OH is 1. The van der Waals surface area contributed by atoms with Crippen molar-refractivity contribution in [2.45, 2.75) is 12.1 Å². The molecule has 0 aliphatic carbocycles. The Morgan fingerprint density at radius 1 is 1.27 bits per heavy atom. The number of hydrogen-bond acceptors (Lipinski definition) is 5. The summed E-state index contributed by atoms with van der Waals surface area (Å²) >= 11 is 0. The Hall–Kier alpha value is -1.79. The molecule has 1 aromatic rings. The summed E-state index contributed by atoms with van der Waals surface area (Å²) in [5.74, 6) is -2.14. The van der Waals surface area contributed by atoms with Crippen molar-refractivity contribution in [3.8, 4) is 11.5 Å². The van der Waals surface area contributed by atoms with Gasteiger partial charge in [0, 0.05) is 0 Å². The van der Waals surface area contributed by atoms with Gasteiger partial charge in [0.25, 0.3) is 0 Å². The highest BCUT2D eigenvalue weighted by molar-refractivity contribution is 5.74. The van der Waals surface area contributed by atoms with Gasteiger partial charge in [-0.15, -0.1) is 0 Å². The number of aliphatic carboxylic acids is 1. The van der Waals surface area contributed by atoms with Crippen molar-refractivity contribution in [3.63, 3.8) is 0 Å². The van der Waals surface area contributed by atoms with Crippen LogP contribution in [0.2, 0.25) is 0 Å². The topological polar surface area (TPSA) is 124 Å². The number of phenols is 2. The molecular weight excluding hydrogens is 202 g/mol. The first-order valence-corrected chi connectivity index (χ1v) is 4.12. The van der Waals surface area contributed by atoms with Crippen LogP contribution in [0.4, 0.5) is 0 Å². The van der Waals surface area contributed by atoms with E-state index in [9.17, 15) is 9.90 Å². The fraction of sp³-hybridized carbons (Fsp3) is 0.222. The number of benzene rings is 1. The minimum atomic E-state index is -1.48. The number of rotatable bonds is 3. The first-order valence-electron chi connectivity index (χ1n) is 4.12. The van der Waals surface area contributed by atoms with Gasteiger partial charge in [0.15, 0.2) is 11.5 Å². The third kappa shape index (κ3) is 2.36. The molecule has 0 saturated heterocycles. The largest absolute Gasteiger partial charge is 0.504 e. The van der Waals surface area contributed by atoms with Crippen molar-refractivity contribution in [1.29, 1.82) is 0 Å². The third-order valence-electron chi connectivity index (χ3n) is 1.97. The number of nitrogens with two attached hydrogens (primary N) is 1. The number of aliphatic hydroxyl groups is 1. The Kier molecular flexibility index (Phi) is 3.13. The van der Waals surface area contributed by atoms with Crippen LogP contribution in [0.25, 0.3) is 0 Å². The van der Waals surface area contributed by atoms with E-state index in [1.165, 1.54) is 6.07 Å². The Morgan fingerprint density at radius 2 is 1.87 bits per heavy atom. The number of aromatic hydroxyl groups is 2. The predicted octanol–water partition coefficient (Wildman–Crippen LogP) is -0.457. The molecule has 6 nitrogen and oxygen atoms in total. The highest BCUT2D eigenvalue weighted by Crippen LogP contribution is 2.28. The van der Waals surface area contributed by atoms with Gasteiger partial charge in [-0.2, -0.15) is 0 Å². The first kappa shape index (κ1) is 11.3. The normalized spacial score (nSPS) is 14.5. The summed E-state index contributed by atoms with van der Waals surface area (Å²) in [5.41, 5.74) is 5.31. The van der Waals surface area contributed by atoms with Gasteiger partial charge in [-0.3, -0.25) is 4.79 Å². The monoisotopic (exact) mass is 213 g/mol. The molecule has 15 heavy (non-hydrogen) atoms. The Balaban J connectivity index is 2.96. The third-order valence-corrected chi connectivity index (χ3v) is 1.97. The van der Waals surface area contributed by atoms with E-state index >= 15 is 0 Å². The molecule has 0 aliphatic rings. The highest BCUT2D eigenvalue weighted by atomic mass is 16.4. The van der Waals surface area contributed by atoms with Crippen molar-refractivity contribution in [3.05, 3.63) is 23.8 Å². The van der Waals surface area contributed by atoms with Gasteiger partial charge < -0.3 is 26.2 Å². The fourth-order valence-electron chi connectivity index (χ4n) is 1.07. The number of carbonyl (C=O) groups is 1. The van der Waals surface area contributed by atoms with Crippen LogP contribution in [-0.2, 0) is 4.79 Å². The van der Waals surface area contributed by atoms with Gasteiger partial charge in [-0.1, -0.05) is 6.07 Å². The molecule has 0 fully saturated rings. The summed E-state index contributed by atoms with van der Waals surface area (Å²) in [6.45, 7) is 0. The molecule has 0 aliphatic heterocycles. The minimum absolute atomic E-state index is 0.125. The van der Waals surface area contributed by atoms with Crippen LogP contribution in [0, 0.1) is 0 Å². The Morgan fingerprint density at radius 3 is 2.33 bits per heavy atom. The second kappa shape index (κ2) is 4.16. The molecule has 0 radical (unpaired) electrons. The molecule has 0 spiro atoms. The molecular formula is C9H11NO5. The zero-order chi connectivity index (χ0) is 11.6. The van der Waals surface area contributed by atoms with E-state index in [-0.39, 0.29) is 11.3 Å². The predicted molar refractivity (Wildman–Crippen MR) is 50.3 cm³/mol. The summed E-state index contributed by atoms with van der Waals surface area (Å²) in [4.78, 5) is 10.5. The standard InChI is InChI=1S/C9H11NO5/c10-7(9(14)15)8(13)4-1-2-5(11)6(12)3-4/h1-3,7-8,11-13H,10H2,(H,14,15)/t7-,8?/m1/s1. The average molecular weight is 213 g/mol. The summed E-state index contributed by atoms with van der Waals surface area (Å²) < 4.78 is 0. The van der Waals surface area contributed by atoms with E-state index in [0.717, 1.165) is 12.1 Å². The number of carboxylic acids is 1. The Labute approximate surface area is 85.2 Å². The number of hydrogen-bond donors (Lipinski definition) is 5. The molecule has 2 atom stereocenters. The Bertz CT molecular complexity index is 379. The maximum Gasteiger partial charge on any atom is 0.323 e. The molecule has 0 amide bonds. The van der Waals surface area contributed by atoms with Crippen LogP contribution in [0.5, 0.6) is 11.5 Å². The van der Waals surface area contributed by atoms with Crippen molar-refractivity contribution >= 4 is 5.97 Å². The minimum Gasteiger partial charge on any atom is -0.504 e. The second-order valence-electron chi connectivity index (χ2n) is 3.06. The van der Waals surface area contributed by atoms with Crippen molar-refractivity contribution in [2.24, 2.45) is 5.73 Å². The van der Waals surface area contributed by atoms with Gasteiger partial charge in [0.1, 0.15) is 12.1 Å². The highest BCUT2D eigenvalue weighted by Gasteiger charge is 2.24. The zero-order valence-electron chi connectivity index (χ0n) is 7.66. The van der Waals surface area contributed by atoms with Crippen molar-refractivity contribution in [1.82, 2.24) is 0 Å². The molecule has 0 aromatic heterocycles. The van der Waals surface area contributed by atoms with E-state index in [4.69, 9.17) is 21.1 Å². The number of phenolic OH excluding ortho intramolecular Hbond substituents is 2. The molecule has 1 unspecified atom stereocenters. The summed E-state index contributed by atoms with van der Waals surface area (Å²) in [6.07, 6.45) is -1.44. The van der Waals surface area contributed by atoms with Gasteiger partial charge in [0.2, 0.25) is 0 Å². The SMILES string of the molecule is N[C@@H](C(=O)O)C(O)c1ccc(O)c(O)c1. The second-order valence-corrected chi connectivity index (χ2v) is 3.06. The van der Waals surface area contributed by atoms with Crippen molar-refractivity contribution in [2.75, 3.05) is 0 Å². The van der Waals surface area contributed by atoms with E-state index in [1.54, 1.807) is 0 Å². The van der Waals surface area contributed by atoms with Crippen LogP contribution in [0.15, 0.2) is 18.2 Å². The van der Waals surface area contributed by atoms with Crippen LogP contribution in [0.1, 0.15) is 11.7 Å². The molecule has 1 aromatic carbocycles. The molecule has 6 heteroatoms. The maximum absolute atomic E-state index is 10.5. The lowest BCUT2D eigenvalue weighted by atomic mass is 10.0. The lowest BCUT2D eigenvalue weighted by Gasteiger charge is -2.15. The van der Waals surface area contributed by atoms with Gasteiger partial charge in [0.05, 0.1) is 0 Å². The van der Waals surface area contributed by atoms with E-state index in [2.05, 4.69) is 0 Å². The summed E-state index contributed by atoms with van der Waals surface area (Å²) in [5, 5.41) is 36.1.